The topological polar surface area (TPSA) is 43.4 Å². The van der Waals surface area contributed by atoms with E-state index in [1.54, 1.807) is 0 Å². The number of hydrogen-bond donors (Lipinski definition) is 0. The van der Waals surface area contributed by atoms with E-state index in [-0.39, 0.29) is 10.8 Å². The van der Waals surface area contributed by atoms with Crippen LogP contribution in [0.25, 0.3) is 0 Å². The van der Waals surface area contributed by atoms with Crippen LogP contribution < -0.4 is 0 Å². The van der Waals surface area contributed by atoms with Gasteiger partial charge in [-0.1, -0.05) is 51.4 Å². The number of rotatable bonds is 2. The van der Waals surface area contributed by atoms with E-state index in [0.717, 1.165) is 12.8 Å². The third-order valence-electron chi connectivity index (χ3n) is 10.1. The van der Waals surface area contributed by atoms with Crippen LogP contribution in [0.15, 0.2) is 0 Å². The highest BCUT2D eigenvalue weighted by atomic mass is 32.2. The van der Waals surface area contributed by atoms with Gasteiger partial charge in [-0.15, -0.1) is 0 Å². The highest BCUT2D eigenvalue weighted by molar-refractivity contribution is 7.89. The van der Waals surface area contributed by atoms with Gasteiger partial charge in [-0.05, 0) is 63.2 Å². The molecule has 3 nitrogen and oxygen atoms in total. The molecule has 4 unspecified atom stereocenters. The minimum Gasteiger partial charge on any atom is -0.264 e. The second-order valence-electron chi connectivity index (χ2n) is 11.4. The Bertz CT molecular complexity index is 755. The third kappa shape index (κ3) is 1.14. The van der Waals surface area contributed by atoms with Crippen LogP contribution in [0.5, 0.6) is 0 Å². The van der Waals surface area contributed by atoms with Crippen molar-refractivity contribution in [2.75, 3.05) is 0 Å². The Morgan fingerprint density at radius 3 is 1.58 bits per heavy atom. The fourth-order valence-electron chi connectivity index (χ4n) is 10.6. The van der Waals surface area contributed by atoms with Gasteiger partial charge in [0.05, 0.1) is 5.60 Å². The van der Waals surface area contributed by atoms with Crippen LogP contribution in [0.1, 0.15) is 97.8 Å². The van der Waals surface area contributed by atoms with Gasteiger partial charge in [0.15, 0.2) is 0 Å². The SMILES string of the molecule is CC(C)(C)OS(=O)(=O)C12C3C45CCCCCCC41C21CCCCCCC351. The standard InChI is InChI=1S/C22H34O3S/c1-17(2,3)25-26(23,24)22-16-18-12-8-4-6-10-14-20(18,22)21(22)15-11-7-5-9-13-19(16,18)21/h16H,4-15H2,1-3H3. The molecule has 0 saturated heterocycles. The normalized spacial score (nSPS) is 56.8. The van der Waals surface area contributed by atoms with E-state index in [0.29, 0.717) is 16.7 Å². The van der Waals surface area contributed by atoms with E-state index < -0.39 is 20.5 Å². The fourth-order valence-corrected chi connectivity index (χ4v) is 13.8. The second-order valence-corrected chi connectivity index (χ2v) is 13.1. The van der Waals surface area contributed by atoms with Gasteiger partial charge in [0.25, 0.3) is 10.1 Å². The minimum absolute atomic E-state index is 0.111. The molecule has 7 rings (SSSR count). The molecule has 0 N–H and O–H groups in total. The van der Waals surface area contributed by atoms with Crippen molar-refractivity contribution in [1.82, 2.24) is 0 Å². The maximum Gasteiger partial charge on any atom is 0.275 e. The summed E-state index contributed by atoms with van der Waals surface area (Å²) in [5, 5.41) is 0. The predicted octanol–water partition coefficient (Wildman–Crippen LogP) is 5.19. The van der Waals surface area contributed by atoms with E-state index in [2.05, 4.69) is 0 Å². The molecule has 7 aliphatic rings. The summed E-state index contributed by atoms with van der Waals surface area (Å²) in [6, 6.07) is 0. The van der Waals surface area contributed by atoms with Crippen molar-refractivity contribution in [2.45, 2.75) is 108 Å². The van der Waals surface area contributed by atoms with Crippen molar-refractivity contribution in [3.63, 3.8) is 0 Å². The summed E-state index contributed by atoms with van der Waals surface area (Å²) >= 11 is 0. The largest absolute Gasteiger partial charge is 0.275 e. The van der Waals surface area contributed by atoms with Crippen molar-refractivity contribution in [3.8, 4) is 0 Å². The molecule has 0 bridgehead atoms. The van der Waals surface area contributed by atoms with Gasteiger partial charge >= 0.3 is 0 Å². The van der Waals surface area contributed by atoms with Crippen LogP contribution in [0, 0.1) is 27.6 Å². The summed E-state index contributed by atoms with van der Waals surface area (Å²) in [6.07, 6.45) is 15.4. The van der Waals surface area contributed by atoms with Crippen molar-refractivity contribution in [3.05, 3.63) is 0 Å². The molecule has 0 radical (unpaired) electrons. The van der Waals surface area contributed by atoms with Crippen LogP contribution in [0.2, 0.25) is 0 Å². The molecular formula is C22H34O3S. The summed E-state index contributed by atoms with van der Waals surface area (Å²) in [4.78, 5) is 0. The van der Waals surface area contributed by atoms with Crippen LogP contribution in [-0.4, -0.2) is 18.8 Å². The van der Waals surface area contributed by atoms with Crippen LogP contribution >= 0.6 is 0 Å². The van der Waals surface area contributed by atoms with Gasteiger partial charge in [0.1, 0.15) is 4.75 Å². The molecule has 0 aliphatic heterocycles. The Balaban J connectivity index is 1.49. The highest BCUT2D eigenvalue weighted by Gasteiger charge is 3.32. The maximum absolute atomic E-state index is 13.7. The molecule has 7 saturated carbocycles. The molecular weight excluding hydrogens is 344 g/mol. The first-order chi connectivity index (χ1) is 12.2. The summed E-state index contributed by atoms with van der Waals surface area (Å²) in [7, 11) is -3.51. The van der Waals surface area contributed by atoms with E-state index in [4.69, 9.17) is 4.18 Å². The van der Waals surface area contributed by atoms with Gasteiger partial charge in [-0.3, -0.25) is 4.18 Å². The average molecular weight is 379 g/mol. The molecule has 0 aromatic carbocycles. The fraction of sp³-hybridized carbons (Fsp3) is 1.00. The molecule has 146 valence electrons. The quantitative estimate of drug-likeness (QED) is 0.621. The summed E-state index contributed by atoms with van der Waals surface area (Å²) in [5.41, 5.74) is 0.423. The second kappa shape index (κ2) is 4.25. The van der Waals surface area contributed by atoms with E-state index in [1.165, 1.54) is 64.2 Å². The molecule has 0 amide bonds. The monoisotopic (exact) mass is 378 g/mol. The molecule has 7 fully saturated rings. The molecule has 4 heteroatoms. The van der Waals surface area contributed by atoms with Crippen molar-refractivity contribution < 1.29 is 12.6 Å². The molecule has 26 heavy (non-hydrogen) atoms. The predicted molar refractivity (Wildman–Crippen MR) is 101 cm³/mol. The zero-order valence-corrected chi connectivity index (χ0v) is 17.5. The van der Waals surface area contributed by atoms with Crippen LogP contribution in [-0.2, 0) is 14.3 Å². The van der Waals surface area contributed by atoms with E-state index in [1.807, 2.05) is 20.8 Å². The maximum atomic E-state index is 13.7. The van der Waals surface area contributed by atoms with Gasteiger partial charge in [0.2, 0.25) is 0 Å². The first-order valence-corrected chi connectivity index (χ1v) is 12.6. The van der Waals surface area contributed by atoms with Crippen molar-refractivity contribution in [2.24, 2.45) is 27.6 Å². The molecule has 4 spiro atoms. The first-order valence-electron chi connectivity index (χ1n) is 11.2. The zero-order valence-electron chi connectivity index (χ0n) is 16.7. The summed E-state index contributed by atoms with van der Waals surface area (Å²) in [6.45, 7) is 5.69. The van der Waals surface area contributed by atoms with Crippen LogP contribution in [0.4, 0.5) is 0 Å². The first kappa shape index (κ1) is 16.8. The summed E-state index contributed by atoms with van der Waals surface area (Å²) in [5.74, 6) is 0.450. The molecule has 0 aromatic heterocycles. The van der Waals surface area contributed by atoms with Gasteiger partial charge < -0.3 is 0 Å². The third-order valence-corrected chi connectivity index (χ3v) is 12.5. The smallest absolute Gasteiger partial charge is 0.264 e. The molecule has 4 atom stereocenters. The minimum atomic E-state index is -3.51. The van der Waals surface area contributed by atoms with Gasteiger partial charge in [0, 0.05) is 10.8 Å². The lowest BCUT2D eigenvalue weighted by Gasteiger charge is -2.52. The van der Waals surface area contributed by atoms with Crippen LogP contribution in [0.3, 0.4) is 0 Å². The van der Waals surface area contributed by atoms with E-state index in [9.17, 15) is 8.42 Å². The lowest BCUT2D eigenvalue weighted by Crippen LogP contribution is -2.51. The van der Waals surface area contributed by atoms with Crippen molar-refractivity contribution >= 4 is 10.1 Å². The lowest BCUT2D eigenvalue weighted by molar-refractivity contribution is -0.0558. The Morgan fingerprint density at radius 1 is 0.731 bits per heavy atom. The molecule has 7 aliphatic carbocycles. The Morgan fingerprint density at radius 2 is 1.15 bits per heavy atom. The average Bonchev–Trinajstić information content (AvgIpc) is 3.10. The number of hydrogen-bond acceptors (Lipinski definition) is 3. The lowest BCUT2D eigenvalue weighted by atomic mass is 9.50. The Labute approximate surface area is 158 Å². The molecule has 0 aromatic rings. The van der Waals surface area contributed by atoms with E-state index >= 15 is 0 Å². The Hall–Kier alpha value is -0.0900. The van der Waals surface area contributed by atoms with Crippen molar-refractivity contribution in [1.29, 1.82) is 0 Å². The Kier molecular flexibility index (Phi) is 2.75. The van der Waals surface area contributed by atoms with Gasteiger partial charge in [-0.25, -0.2) is 0 Å². The molecule has 0 heterocycles. The van der Waals surface area contributed by atoms with Gasteiger partial charge in [-0.2, -0.15) is 8.42 Å². The summed E-state index contributed by atoms with van der Waals surface area (Å²) < 4.78 is 32.8. The zero-order chi connectivity index (χ0) is 18.3. The highest BCUT2D eigenvalue weighted by Crippen LogP contribution is 3.28.